The third kappa shape index (κ3) is 4.38. The number of hydrogen-bond acceptors (Lipinski definition) is 8. The molecule has 1 aliphatic heterocycles. The number of amides is 1. The highest BCUT2D eigenvalue weighted by Crippen LogP contribution is 2.45. The van der Waals surface area contributed by atoms with Crippen molar-refractivity contribution in [2.24, 2.45) is 0 Å². The van der Waals surface area contributed by atoms with Crippen molar-refractivity contribution >= 4 is 17.4 Å². The number of ether oxygens (including phenoxy) is 5. The summed E-state index contributed by atoms with van der Waals surface area (Å²) in [4.78, 5) is 27.6. The van der Waals surface area contributed by atoms with E-state index in [1.54, 1.807) is 44.4 Å². The molecule has 1 unspecified atom stereocenters. The van der Waals surface area contributed by atoms with Gasteiger partial charge in [0, 0.05) is 19.2 Å². The van der Waals surface area contributed by atoms with Crippen LogP contribution in [-0.4, -0.2) is 70.4 Å². The van der Waals surface area contributed by atoms with Crippen LogP contribution < -0.4 is 18.9 Å². The fourth-order valence-electron chi connectivity index (χ4n) is 4.08. The summed E-state index contributed by atoms with van der Waals surface area (Å²) in [7, 11) is 7.48. The second kappa shape index (κ2) is 10.5. The Bertz CT molecular complexity index is 1100. The van der Waals surface area contributed by atoms with Gasteiger partial charge in [-0.2, -0.15) is 0 Å². The van der Waals surface area contributed by atoms with E-state index in [-0.39, 0.29) is 24.5 Å². The van der Waals surface area contributed by atoms with Crippen LogP contribution in [0.2, 0.25) is 0 Å². The molecule has 0 bridgehead atoms. The fraction of sp³-hybridized carbons (Fsp3) is 0.360. The number of hydrogen-bond donors (Lipinski definition) is 1. The lowest BCUT2D eigenvalue weighted by Gasteiger charge is -2.26. The molecule has 2 aromatic carbocycles. The van der Waals surface area contributed by atoms with Crippen molar-refractivity contribution in [1.29, 1.82) is 0 Å². The maximum absolute atomic E-state index is 13.2. The molecule has 0 saturated carbocycles. The Hall–Kier alpha value is -3.72. The number of methoxy groups -OCH3 is 5. The number of carbonyl (C=O) groups excluding carboxylic acids is 2. The molecule has 0 radical (unpaired) electrons. The molecule has 1 aliphatic rings. The van der Waals surface area contributed by atoms with Crippen LogP contribution in [0.1, 0.15) is 22.7 Å². The van der Waals surface area contributed by atoms with E-state index in [4.69, 9.17) is 23.7 Å². The first-order valence-electron chi connectivity index (χ1n) is 10.5. The number of Topliss-reactive ketones (excluding diaryl/α,β-unsaturated/α-hetero) is 1. The van der Waals surface area contributed by atoms with E-state index in [2.05, 4.69) is 0 Å². The molecule has 1 amide bonds. The molecule has 2 aromatic rings. The second-order valence-corrected chi connectivity index (χ2v) is 7.62. The van der Waals surface area contributed by atoms with Crippen LogP contribution in [0.15, 0.2) is 35.9 Å². The molecule has 9 heteroatoms. The number of nitrogens with zero attached hydrogens (tertiary/aromatic N) is 1. The average molecular weight is 472 g/mol. The summed E-state index contributed by atoms with van der Waals surface area (Å²) in [5, 5.41) is 11.3. The SMILES string of the molecule is COCCN1C(=O)C(=O)C(=C(O)c2ccc(OC)cc2C)C1c1cc(OC)c(OC)c(OC)c1. The second-order valence-electron chi connectivity index (χ2n) is 7.62. The molecule has 0 aliphatic carbocycles. The minimum absolute atomic E-state index is 0.0383. The lowest BCUT2D eigenvalue weighted by Crippen LogP contribution is -2.32. The van der Waals surface area contributed by atoms with Gasteiger partial charge in [0.25, 0.3) is 11.7 Å². The summed E-state index contributed by atoms with van der Waals surface area (Å²) in [6.07, 6.45) is 0. The molecule has 1 atom stereocenters. The van der Waals surface area contributed by atoms with Crippen molar-refractivity contribution in [3.05, 3.63) is 52.6 Å². The third-order valence-electron chi connectivity index (χ3n) is 5.77. The first-order chi connectivity index (χ1) is 16.3. The smallest absolute Gasteiger partial charge is 0.295 e. The predicted octanol–water partition coefficient (Wildman–Crippen LogP) is 3.10. The number of aryl methyl sites for hydroxylation is 1. The number of carbonyl (C=O) groups is 2. The van der Waals surface area contributed by atoms with E-state index in [1.807, 2.05) is 0 Å². The number of benzene rings is 2. The molecule has 1 heterocycles. The Morgan fingerprint density at radius 3 is 2.09 bits per heavy atom. The fourth-order valence-corrected chi connectivity index (χ4v) is 4.08. The van der Waals surface area contributed by atoms with Gasteiger partial charge in [-0.25, -0.2) is 0 Å². The molecule has 182 valence electrons. The Morgan fingerprint density at radius 1 is 0.941 bits per heavy atom. The van der Waals surface area contributed by atoms with Gasteiger partial charge in [0.1, 0.15) is 11.5 Å². The maximum Gasteiger partial charge on any atom is 0.295 e. The van der Waals surface area contributed by atoms with Gasteiger partial charge in [-0.1, -0.05) is 0 Å². The number of aliphatic hydroxyl groups excluding tert-OH is 1. The lowest BCUT2D eigenvalue weighted by atomic mass is 9.93. The van der Waals surface area contributed by atoms with E-state index in [1.165, 1.54) is 33.3 Å². The van der Waals surface area contributed by atoms with Crippen LogP contribution in [-0.2, 0) is 14.3 Å². The van der Waals surface area contributed by atoms with Gasteiger partial charge in [0.05, 0.1) is 46.7 Å². The Morgan fingerprint density at radius 2 is 1.59 bits per heavy atom. The zero-order valence-corrected chi connectivity index (χ0v) is 20.1. The van der Waals surface area contributed by atoms with Crippen LogP contribution in [0.4, 0.5) is 0 Å². The Balaban J connectivity index is 2.28. The van der Waals surface area contributed by atoms with Crippen LogP contribution in [0.5, 0.6) is 23.0 Å². The molecule has 0 spiro atoms. The highest BCUT2D eigenvalue weighted by molar-refractivity contribution is 6.46. The van der Waals surface area contributed by atoms with Gasteiger partial charge in [-0.3, -0.25) is 9.59 Å². The largest absolute Gasteiger partial charge is 0.507 e. The highest BCUT2D eigenvalue weighted by Gasteiger charge is 2.46. The molecule has 1 N–H and O–H groups in total. The van der Waals surface area contributed by atoms with Gasteiger partial charge < -0.3 is 33.7 Å². The first-order valence-corrected chi connectivity index (χ1v) is 10.5. The molecule has 1 fully saturated rings. The van der Waals surface area contributed by atoms with E-state index < -0.39 is 17.7 Å². The van der Waals surface area contributed by atoms with Crippen molar-refractivity contribution in [3.8, 4) is 23.0 Å². The minimum atomic E-state index is -0.898. The minimum Gasteiger partial charge on any atom is -0.507 e. The summed E-state index contributed by atoms with van der Waals surface area (Å²) >= 11 is 0. The van der Waals surface area contributed by atoms with E-state index in [9.17, 15) is 14.7 Å². The van der Waals surface area contributed by atoms with Crippen molar-refractivity contribution in [1.82, 2.24) is 4.90 Å². The molecule has 3 rings (SSSR count). The van der Waals surface area contributed by atoms with Crippen LogP contribution in [0.3, 0.4) is 0 Å². The van der Waals surface area contributed by atoms with Crippen LogP contribution >= 0.6 is 0 Å². The molecular formula is C25H29NO8. The van der Waals surface area contributed by atoms with E-state index in [0.29, 0.717) is 39.7 Å². The van der Waals surface area contributed by atoms with Crippen LogP contribution in [0, 0.1) is 6.92 Å². The standard InChI is InChI=1S/C25H29NO8/c1-14-11-16(31-3)7-8-17(14)22(27)20-21(26(9-10-30-2)25(29)23(20)28)15-12-18(32-4)24(34-6)19(13-15)33-5/h7-8,11-13,21,27H,9-10H2,1-6H3. The van der Waals surface area contributed by atoms with Gasteiger partial charge in [-0.15, -0.1) is 0 Å². The quantitative estimate of drug-likeness (QED) is 0.338. The van der Waals surface area contributed by atoms with Gasteiger partial charge in [0.2, 0.25) is 5.75 Å². The normalized spacial score (nSPS) is 17.1. The van der Waals surface area contributed by atoms with Crippen molar-refractivity contribution in [2.75, 3.05) is 48.7 Å². The molecule has 0 aromatic heterocycles. The summed E-state index contributed by atoms with van der Waals surface area (Å²) < 4.78 is 26.7. The topological polar surface area (TPSA) is 104 Å². The van der Waals surface area contributed by atoms with Gasteiger partial charge in [-0.05, 0) is 48.4 Å². The number of rotatable bonds is 9. The first kappa shape index (κ1) is 24.9. The van der Waals surface area contributed by atoms with Crippen LogP contribution in [0.25, 0.3) is 5.76 Å². The summed E-state index contributed by atoms with van der Waals surface area (Å²) in [5.74, 6) is -0.114. The van der Waals surface area contributed by atoms with Crippen molar-refractivity contribution in [3.63, 3.8) is 0 Å². The Labute approximate surface area is 198 Å². The highest BCUT2D eigenvalue weighted by atomic mass is 16.5. The van der Waals surface area contributed by atoms with Crippen molar-refractivity contribution < 1.29 is 38.4 Å². The van der Waals surface area contributed by atoms with Crippen molar-refractivity contribution in [2.45, 2.75) is 13.0 Å². The zero-order chi connectivity index (χ0) is 25.0. The molecule has 34 heavy (non-hydrogen) atoms. The number of ketones is 1. The third-order valence-corrected chi connectivity index (χ3v) is 5.77. The van der Waals surface area contributed by atoms with E-state index in [0.717, 1.165) is 0 Å². The zero-order valence-electron chi connectivity index (χ0n) is 20.1. The summed E-state index contributed by atoms with van der Waals surface area (Å²) in [6.45, 7) is 2.13. The molecule has 9 nitrogen and oxygen atoms in total. The number of aliphatic hydroxyl groups is 1. The van der Waals surface area contributed by atoms with Gasteiger partial charge in [0.15, 0.2) is 11.5 Å². The Kier molecular flexibility index (Phi) is 7.68. The summed E-state index contributed by atoms with van der Waals surface area (Å²) in [6, 6.07) is 7.49. The summed E-state index contributed by atoms with van der Waals surface area (Å²) in [5.41, 5.74) is 1.58. The lowest BCUT2D eigenvalue weighted by molar-refractivity contribution is -0.140. The number of likely N-dealkylation sites (tertiary alicyclic amines) is 1. The van der Waals surface area contributed by atoms with Gasteiger partial charge >= 0.3 is 0 Å². The monoisotopic (exact) mass is 471 g/mol. The predicted molar refractivity (Wildman–Crippen MR) is 125 cm³/mol. The molecular weight excluding hydrogens is 442 g/mol. The van der Waals surface area contributed by atoms with E-state index >= 15 is 0 Å². The molecule has 1 saturated heterocycles. The maximum atomic E-state index is 13.2. The average Bonchev–Trinajstić information content (AvgIpc) is 3.10.